The van der Waals surface area contributed by atoms with Gasteiger partial charge in [0.15, 0.2) is 15.7 Å². The second kappa shape index (κ2) is 6.48. The van der Waals surface area contributed by atoms with E-state index in [1.807, 2.05) is 0 Å². The molecule has 21 heavy (non-hydrogen) atoms. The highest BCUT2D eigenvalue weighted by Gasteiger charge is 2.23. The first-order chi connectivity index (χ1) is 9.68. The van der Waals surface area contributed by atoms with Gasteiger partial charge in [-0.3, -0.25) is 10.1 Å². The number of aromatic carboxylic acids is 1. The molecule has 2 N–H and O–H groups in total. The first-order valence-electron chi connectivity index (χ1n) is 5.83. The number of carboxylic acid groups (broad SMARTS) is 1. The predicted molar refractivity (Wildman–Crippen MR) is 72.8 cm³/mol. The number of benzene rings is 1. The molecule has 0 aliphatic rings. The smallest absolute Gasteiger partial charge is 0.342 e. The van der Waals surface area contributed by atoms with E-state index in [-0.39, 0.29) is 23.7 Å². The number of sulfone groups is 1. The molecule has 0 bridgehead atoms. The lowest BCUT2D eigenvalue weighted by atomic mass is 10.1. The second-order valence-corrected chi connectivity index (χ2v) is 6.55. The van der Waals surface area contributed by atoms with Gasteiger partial charge in [0.05, 0.1) is 22.4 Å². The van der Waals surface area contributed by atoms with E-state index in [0.717, 1.165) is 6.07 Å². The lowest BCUT2D eigenvalue weighted by Gasteiger charge is -2.09. The van der Waals surface area contributed by atoms with Crippen molar-refractivity contribution in [2.75, 3.05) is 23.4 Å². The summed E-state index contributed by atoms with van der Waals surface area (Å²) in [7, 11) is -3.26. The zero-order valence-electron chi connectivity index (χ0n) is 11.0. The van der Waals surface area contributed by atoms with Gasteiger partial charge >= 0.3 is 5.97 Å². The Hall–Kier alpha value is -2.23. The van der Waals surface area contributed by atoms with Crippen LogP contribution in [0.25, 0.3) is 0 Å². The lowest BCUT2D eigenvalue weighted by molar-refractivity contribution is -0.385. The Balaban J connectivity index is 3.01. The van der Waals surface area contributed by atoms with Gasteiger partial charge in [-0.1, -0.05) is 6.92 Å². The summed E-state index contributed by atoms with van der Waals surface area (Å²) in [6.07, 6.45) is 0. The molecule has 8 nitrogen and oxygen atoms in total. The SMILES string of the molecule is CCS(=O)(=O)CCNc1cc(C(=O)O)c([N+](=O)[O-])cc1F. The summed E-state index contributed by atoms with van der Waals surface area (Å²) in [5.41, 5.74) is -1.85. The number of carbonyl (C=O) groups is 1. The standard InChI is InChI=1S/C11H13FN2O6S/c1-2-21(19,20)4-3-13-9-5-7(11(15)16)10(14(17)18)6-8(9)12/h5-6,13H,2-4H2,1H3,(H,15,16). The average Bonchev–Trinajstić information content (AvgIpc) is 2.39. The second-order valence-electron chi connectivity index (χ2n) is 4.07. The number of carboxylic acids is 1. The predicted octanol–water partition coefficient (Wildman–Crippen LogP) is 1.28. The van der Waals surface area contributed by atoms with E-state index in [9.17, 15) is 27.7 Å². The van der Waals surface area contributed by atoms with Crippen LogP contribution < -0.4 is 5.32 Å². The largest absolute Gasteiger partial charge is 0.477 e. The summed E-state index contributed by atoms with van der Waals surface area (Å²) in [6.45, 7) is 1.33. The number of nitrogens with zero attached hydrogens (tertiary/aromatic N) is 1. The van der Waals surface area contributed by atoms with Crippen molar-refractivity contribution in [3.63, 3.8) is 0 Å². The van der Waals surface area contributed by atoms with Crippen LogP contribution in [0, 0.1) is 15.9 Å². The molecule has 0 amide bonds. The molecule has 1 rings (SSSR count). The molecule has 0 radical (unpaired) electrons. The molecule has 0 atom stereocenters. The third-order valence-electron chi connectivity index (χ3n) is 2.68. The van der Waals surface area contributed by atoms with Crippen LogP contribution in [0.15, 0.2) is 12.1 Å². The van der Waals surface area contributed by atoms with Gasteiger partial charge in [-0.2, -0.15) is 0 Å². The molecule has 1 aromatic carbocycles. The Labute approximate surface area is 119 Å². The Morgan fingerprint density at radius 3 is 2.57 bits per heavy atom. The molecule has 0 unspecified atom stereocenters. The third kappa shape index (κ3) is 4.38. The van der Waals surface area contributed by atoms with Crippen LogP contribution in [0.3, 0.4) is 0 Å². The number of anilines is 1. The summed E-state index contributed by atoms with van der Waals surface area (Å²) in [5.74, 6) is -2.94. The first kappa shape index (κ1) is 16.8. The van der Waals surface area contributed by atoms with E-state index in [2.05, 4.69) is 5.32 Å². The third-order valence-corrected chi connectivity index (χ3v) is 4.39. The Bertz CT molecular complexity index is 674. The molecule has 116 valence electrons. The van der Waals surface area contributed by atoms with Crippen LogP contribution in [0.1, 0.15) is 17.3 Å². The van der Waals surface area contributed by atoms with Crippen LogP contribution in [0.5, 0.6) is 0 Å². The van der Waals surface area contributed by atoms with E-state index in [1.165, 1.54) is 6.92 Å². The Kier molecular flexibility index (Phi) is 5.19. The zero-order chi connectivity index (χ0) is 16.2. The number of hydrogen-bond donors (Lipinski definition) is 2. The Morgan fingerprint density at radius 1 is 1.48 bits per heavy atom. The summed E-state index contributed by atoms with van der Waals surface area (Å²) >= 11 is 0. The minimum absolute atomic E-state index is 0.0716. The Morgan fingerprint density at radius 2 is 2.10 bits per heavy atom. The maximum atomic E-state index is 13.6. The first-order valence-corrected chi connectivity index (χ1v) is 7.65. The minimum atomic E-state index is -3.26. The topological polar surface area (TPSA) is 127 Å². The number of nitro benzene ring substituents is 1. The summed E-state index contributed by atoms with van der Waals surface area (Å²) in [4.78, 5) is 20.6. The number of nitrogens with one attached hydrogen (secondary N) is 1. The molecule has 0 saturated heterocycles. The summed E-state index contributed by atoms with van der Waals surface area (Å²) < 4.78 is 36.2. The van der Waals surface area contributed by atoms with Gasteiger partial charge in [-0.25, -0.2) is 17.6 Å². The molecular weight excluding hydrogens is 307 g/mol. The van der Waals surface area contributed by atoms with Crippen molar-refractivity contribution in [3.8, 4) is 0 Å². The van der Waals surface area contributed by atoms with Crippen molar-refractivity contribution < 1.29 is 27.6 Å². The fourth-order valence-corrected chi connectivity index (χ4v) is 2.21. The number of nitro groups is 1. The highest BCUT2D eigenvalue weighted by molar-refractivity contribution is 7.91. The van der Waals surface area contributed by atoms with Crippen LogP contribution in [-0.2, 0) is 9.84 Å². The minimum Gasteiger partial charge on any atom is -0.477 e. The van der Waals surface area contributed by atoms with Gasteiger partial charge < -0.3 is 10.4 Å². The van der Waals surface area contributed by atoms with Gasteiger partial charge in [0.2, 0.25) is 0 Å². The lowest BCUT2D eigenvalue weighted by Crippen LogP contribution is -2.18. The van der Waals surface area contributed by atoms with Crippen LogP contribution in [0.4, 0.5) is 15.8 Å². The quantitative estimate of drug-likeness (QED) is 0.572. The molecule has 1 aromatic rings. The number of hydrogen-bond acceptors (Lipinski definition) is 6. The van der Waals surface area contributed by atoms with Gasteiger partial charge in [0.25, 0.3) is 5.69 Å². The van der Waals surface area contributed by atoms with E-state index in [0.29, 0.717) is 6.07 Å². The van der Waals surface area contributed by atoms with E-state index < -0.39 is 37.8 Å². The normalized spacial score (nSPS) is 11.1. The van der Waals surface area contributed by atoms with Gasteiger partial charge in [0, 0.05) is 12.3 Å². The van der Waals surface area contributed by atoms with E-state index in [1.54, 1.807) is 0 Å². The molecule has 0 aromatic heterocycles. The van der Waals surface area contributed by atoms with Crippen LogP contribution >= 0.6 is 0 Å². The van der Waals surface area contributed by atoms with Crippen molar-refractivity contribution >= 4 is 27.2 Å². The molecule has 0 heterocycles. The highest BCUT2D eigenvalue weighted by Crippen LogP contribution is 2.26. The average molecular weight is 320 g/mol. The molecule has 10 heteroatoms. The fraction of sp³-hybridized carbons (Fsp3) is 0.364. The highest BCUT2D eigenvalue weighted by atomic mass is 32.2. The molecule has 0 spiro atoms. The molecule has 0 aliphatic heterocycles. The number of rotatable bonds is 7. The van der Waals surface area contributed by atoms with E-state index in [4.69, 9.17) is 5.11 Å². The van der Waals surface area contributed by atoms with Crippen molar-refractivity contribution in [3.05, 3.63) is 33.6 Å². The van der Waals surface area contributed by atoms with Crippen molar-refractivity contribution in [1.82, 2.24) is 0 Å². The molecule has 0 aliphatic carbocycles. The van der Waals surface area contributed by atoms with Gasteiger partial charge in [-0.15, -0.1) is 0 Å². The van der Waals surface area contributed by atoms with Crippen molar-refractivity contribution in [2.45, 2.75) is 6.92 Å². The molecule has 0 saturated carbocycles. The molecule has 0 fully saturated rings. The van der Waals surface area contributed by atoms with Crippen molar-refractivity contribution in [2.24, 2.45) is 0 Å². The van der Waals surface area contributed by atoms with Crippen molar-refractivity contribution in [1.29, 1.82) is 0 Å². The maximum absolute atomic E-state index is 13.6. The van der Waals surface area contributed by atoms with Crippen LogP contribution in [0.2, 0.25) is 0 Å². The zero-order valence-corrected chi connectivity index (χ0v) is 11.8. The summed E-state index contributed by atoms with van der Waals surface area (Å²) in [6, 6.07) is 1.26. The van der Waals surface area contributed by atoms with E-state index >= 15 is 0 Å². The summed E-state index contributed by atoms with van der Waals surface area (Å²) in [5, 5.41) is 21.9. The van der Waals surface area contributed by atoms with Gasteiger partial charge in [-0.05, 0) is 6.07 Å². The van der Waals surface area contributed by atoms with Gasteiger partial charge in [0.1, 0.15) is 5.56 Å². The fourth-order valence-electron chi connectivity index (χ4n) is 1.51. The monoisotopic (exact) mass is 320 g/mol. The van der Waals surface area contributed by atoms with Crippen LogP contribution in [-0.4, -0.2) is 42.5 Å². The maximum Gasteiger partial charge on any atom is 0.342 e. The number of halogens is 1. The molecular formula is C11H13FN2O6S.